The Morgan fingerprint density at radius 3 is 2.52 bits per heavy atom. The number of ether oxygens (including phenoxy) is 1. The van der Waals surface area contributed by atoms with E-state index in [4.69, 9.17) is 9.15 Å². The van der Waals surface area contributed by atoms with Gasteiger partial charge in [-0.05, 0) is 48.9 Å². The smallest absolute Gasteiger partial charge is 0.258 e. The maximum atomic E-state index is 13.0. The average molecular weight is 444 g/mol. The van der Waals surface area contributed by atoms with E-state index in [-0.39, 0.29) is 18.0 Å². The van der Waals surface area contributed by atoms with Crippen molar-refractivity contribution in [3.63, 3.8) is 0 Å². The van der Waals surface area contributed by atoms with E-state index in [9.17, 15) is 9.18 Å². The van der Waals surface area contributed by atoms with Crippen LogP contribution in [0.15, 0.2) is 70.0 Å². The summed E-state index contributed by atoms with van der Waals surface area (Å²) in [5.41, 5.74) is 3.72. The van der Waals surface area contributed by atoms with E-state index in [1.54, 1.807) is 35.9 Å². The Morgan fingerprint density at radius 1 is 1.03 bits per heavy atom. The molecule has 0 unspecified atom stereocenters. The third-order valence-corrected chi connectivity index (χ3v) is 5.46. The maximum Gasteiger partial charge on any atom is 0.258 e. The van der Waals surface area contributed by atoms with E-state index in [2.05, 4.69) is 9.97 Å². The molecule has 0 saturated heterocycles. The van der Waals surface area contributed by atoms with Gasteiger partial charge in [0.25, 0.3) is 5.56 Å². The predicted octanol–water partition coefficient (Wildman–Crippen LogP) is 4.71. The highest BCUT2D eigenvalue weighted by molar-refractivity contribution is 5.82. The fraction of sp³-hybridized carbons (Fsp3) is 0.160. The topological polar surface area (TPSA) is 75.1 Å². The van der Waals surface area contributed by atoms with Crippen LogP contribution in [-0.4, -0.2) is 19.1 Å². The number of hydrogen-bond acceptors (Lipinski definition) is 5. The molecule has 7 nitrogen and oxygen atoms in total. The van der Waals surface area contributed by atoms with E-state index in [0.29, 0.717) is 28.9 Å². The second-order valence-corrected chi connectivity index (χ2v) is 7.80. The normalized spacial score (nSPS) is 11.3. The number of nitrogens with zero attached hydrogens (tertiary/aromatic N) is 4. The zero-order valence-electron chi connectivity index (χ0n) is 18.4. The second-order valence-electron chi connectivity index (χ2n) is 7.80. The first-order valence-electron chi connectivity index (χ1n) is 10.4. The quantitative estimate of drug-likeness (QED) is 0.392. The number of halogens is 1. The molecule has 0 fully saturated rings. The summed E-state index contributed by atoms with van der Waals surface area (Å²) in [5, 5.41) is 0. The molecule has 3 heterocycles. The van der Waals surface area contributed by atoms with Gasteiger partial charge in [0.05, 0.1) is 22.4 Å². The number of hydrogen-bond donors (Lipinski definition) is 0. The Morgan fingerprint density at radius 2 is 1.82 bits per heavy atom. The van der Waals surface area contributed by atoms with E-state index in [1.165, 1.54) is 18.2 Å². The predicted molar refractivity (Wildman–Crippen MR) is 122 cm³/mol. The van der Waals surface area contributed by atoms with E-state index < -0.39 is 0 Å². The van der Waals surface area contributed by atoms with Gasteiger partial charge in [-0.3, -0.25) is 9.36 Å². The van der Waals surface area contributed by atoms with Gasteiger partial charge in [0.1, 0.15) is 18.2 Å². The van der Waals surface area contributed by atoms with Crippen molar-refractivity contribution in [1.82, 2.24) is 19.1 Å². The molecule has 5 aromatic rings. The molecule has 3 aromatic heterocycles. The van der Waals surface area contributed by atoms with Crippen LogP contribution in [-0.2, 0) is 13.7 Å². The number of rotatable bonds is 5. The van der Waals surface area contributed by atoms with Crippen molar-refractivity contribution in [2.75, 3.05) is 0 Å². The Bertz CT molecular complexity index is 1530. The van der Waals surface area contributed by atoms with Crippen LogP contribution >= 0.6 is 0 Å². The van der Waals surface area contributed by atoms with Crippen molar-refractivity contribution in [2.45, 2.75) is 20.5 Å². The minimum absolute atomic E-state index is 0.227. The van der Waals surface area contributed by atoms with Crippen LogP contribution in [0.5, 0.6) is 5.75 Å². The summed E-state index contributed by atoms with van der Waals surface area (Å²) in [6, 6.07) is 14.8. The Hall–Kier alpha value is -4.20. The zero-order chi connectivity index (χ0) is 23.1. The Kier molecular flexibility index (Phi) is 5.05. The summed E-state index contributed by atoms with van der Waals surface area (Å²) in [5.74, 6) is 2.04. The summed E-state index contributed by atoms with van der Waals surface area (Å²) in [6.45, 7) is 3.93. The lowest BCUT2D eigenvalue weighted by atomic mass is 10.2. The van der Waals surface area contributed by atoms with Crippen molar-refractivity contribution in [3.8, 4) is 23.0 Å². The third-order valence-electron chi connectivity index (χ3n) is 5.46. The van der Waals surface area contributed by atoms with E-state index in [0.717, 1.165) is 22.3 Å². The van der Waals surface area contributed by atoms with Crippen LogP contribution in [0.3, 0.4) is 0 Å². The first-order chi connectivity index (χ1) is 15.9. The number of imidazole rings is 1. The van der Waals surface area contributed by atoms with Crippen molar-refractivity contribution in [1.29, 1.82) is 0 Å². The molecule has 0 saturated carbocycles. The molecular formula is C25H21FN4O3. The zero-order valence-corrected chi connectivity index (χ0v) is 18.4. The molecule has 0 amide bonds. The fourth-order valence-electron chi connectivity index (χ4n) is 3.78. The molecule has 0 atom stereocenters. The van der Waals surface area contributed by atoms with Crippen LogP contribution in [0, 0.1) is 19.7 Å². The minimum atomic E-state index is -0.301. The molecule has 33 heavy (non-hydrogen) atoms. The average Bonchev–Trinajstić information content (AvgIpc) is 3.31. The molecule has 0 aliphatic heterocycles. The standard InChI is InChI=1S/C25H21FN4O3/c1-15-24(33-16(2)27-15)25-28-21-9-8-19(12-22(21)29(25)3)30-11-10-20(13-23(30)31)32-14-17-4-6-18(26)7-5-17/h4-13H,14H2,1-3H3. The lowest BCUT2D eigenvalue weighted by Gasteiger charge is -2.09. The van der Waals surface area contributed by atoms with Crippen molar-refractivity contribution < 1.29 is 13.5 Å². The minimum Gasteiger partial charge on any atom is -0.489 e. The van der Waals surface area contributed by atoms with Gasteiger partial charge in [-0.2, -0.15) is 0 Å². The molecule has 0 bridgehead atoms. The lowest BCUT2D eigenvalue weighted by Crippen LogP contribution is -2.16. The maximum absolute atomic E-state index is 13.0. The summed E-state index contributed by atoms with van der Waals surface area (Å²) in [4.78, 5) is 21.8. The molecule has 0 radical (unpaired) electrons. The highest BCUT2D eigenvalue weighted by Crippen LogP contribution is 2.28. The van der Waals surface area contributed by atoms with Crippen molar-refractivity contribution in [3.05, 3.63) is 94.1 Å². The summed E-state index contributed by atoms with van der Waals surface area (Å²) < 4.78 is 27.9. The number of aryl methyl sites for hydroxylation is 3. The number of pyridine rings is 1. The Labute approximate surface area is 188 Å². The lowest BCUT2D eigenvalue weighted by molar-refractivity contribution is 0.305. The van der Waals surface area contributed by atoms with Gasteiger partial charge in [-0.25, -0.2) is 14.4 Å². The first-order valence-corrected chi connectivity index (χ1v) is 10.4. The number of fused-ring (bicyclic) bond motifs is 1. The number of benzene rings is 2. The van der Waals surface area contributed by atoms with Crippen LogP contribution in [0.2, 0.25) is 0 Å². The highest BCUT2D eigenvalue weighted by Gasteiger charge is 2.17. The summed E-state index contributed by atoms with van der Waals surface area (Å²) in [6.07, 6.45) is 1.67. The summed E-state index contributed by atoms with van der Waals surface area (Å²) in [7, 11) is 1.90. The van der Waals surface area contributed by atoms with Gasteiger partial charge in [-0.1, -0.05) is 12.1 Å². The first kappa shape index (κ1) is 20.7. The van der Waals surface area contributed by atoms with Gasteiger partial charge in [0, 0.05) is 26.2 Å². The monoisotopic (exact) mass is 444 g/mol. The molecule has 0 aliphatic carbocycles. The fourth-order valence-corrected chi connectivity index (χ4v) is 3.78. The van der Waals surface area contributed by atoms with Crippen molar-refractivity contribution in [2.24, 2.45) is 7.05 Å². The van der Waals surface area contributed by atoms with Crippen molar-refractivity contribution >= 4 is 11.0 Å². The van der Waals surface area contributed by atoms with Crippen LogP contribution < -0.4 is 10.3 Å². The van der Waals surface area contributed by atoms with E-state index >= 15 is 0 Å². The largest absolute Gasteiger partial charge is 0.489 e. The van der Waals surface area contributed by atoms with Gasteiger partial charge in [0.15, 0.2) is 17.5 Å². The molecule has 2 aromatic carbocycles. The SMILES string of the molecule is Cc1nc(C)c(-c2nc3ccc(-n4ccc(OCc5ccc(F)cc5)cc4=O)cc3n2C)o1. The van der Waals surface area contributed by atoms with Gasteiger partial charge in [0.2, 0.25) is 0 Å². The molecule has 0 aliphatic rings. The number of oxazole rings is 1. The Balaban J connectivity index is 1.44. The van der Waals surface area contributed by atoms with Crippen LogP contribution in [0.25, 0.3) is 28.3 Å². The molecule has 166 valence electrons. The van der Waals surface area contributed by atoms with Crippen LogP contribution in [0.1, 0.15) is 17.1 Å². The van der Waals surface area contributed by atoms with Gasteiger partial charge < -0.3 is 13.7 Å². The van der Waals surface area contributed by atoms with E-state index in [1.807, 2.05) is 36.7 Å². The number of aromatic nitrogens is 4. The third kappa shape index (κ3) is 3.91. The molecule has 0 N–H and O–H groups in total. The highest BCUT2D eigenvalue weighted by atomic mass is 19.1. The van der Waals surface area contributed by atoms with Gasteiger partial charge >= 0.3 is 0 Å². The van der Waals surface area contributed by atoms with Gasteiger partial charge in [-0.15, -0.1) is 0 Å². The molecule has 0 spiro atoms. The summed E-state index contributed by atoms with van der Waals surface area (Å²) >= 11 is 0. The van der Waals surface area contributed by atoms with Crippen LogP contribution in [0.4, 0.5) is 4.39 Å². The molecule has 5 rings (SSSR count). The second kappa shape index (κ2) is 8.05. The molecule has 8 heteroatoms. The molecular weight excluding hydrogens is 423 g/mol.